The number of hydrogen-bond acceptors (Lipinski definition) is 3. The Bertz CT molecular complexity index is 456. The molecule has 2 unspecified atom stereocenters. The summed E-state index contributed by atoms with van der Waals surface area (Å²) >= 11 is 0.703. The zero-order chi connectivity index (χ0) is 15.0. The molecule has 0 saturated heterocycles. The van der Waals surface area contributed by atoms with Gasteiger partial charge in [-0.2, -0.15) is 13.2 Å². The highest BCUT2D eigenvalue weighted by molar-refractivity contribution is 7.11. The molecule has 0 amide bonds. The molecule has 1 saturated carbocycles. The fourth-order valence-corrected chi connectivity index (χ4v) is 3.88. The molecule has 0 radical (unpaired) electrons. The van der Waals surface area contributed by atoms with E-state index in [4.69, 9.17) is 5.73 Å². The summed E-state index contributed by atoms with van der Waals surface area (Å²) in [6.45, 7) is 4.39. The van der Waals surface area contributed by atoms with Crippen LogP contribution in [0, 0.1) is 11.8 Å². The van der Waals surface area contributed by atoms with E-state index < -0.39 is 16.7 Å². The molecule has 6 heteroatoms. The molecule has 2 rings (SSSR count). The number of rotatable bonds is 2. The van der Waals surface area contributed by atoms with Gasteiger partial charge in [-0.3, -0.25) is 0 Å². The van der Waals surface area contributed by atoms with Crippen LogP contribution < -0.4 is 5.73 Å². The van der Waals surface area contributed by atoms with Crippen LogP contribution in [0.3, 0.4) is 0 Å². The SMILES string of the molecule is CC(C)C1CCCC(N)(c2cnc(C(F)(F)F)s2)CC1. The lowest BCUT2D eigenvalue weighted by molar-refractivity contribution is -0.137. The Morgan fingerprint density at radius 3 is 2.60 bits per heavy atom. The van der Waals surface area contributed by atoms with E-state index in [9.17, 15) is 13.2 Å². The average Bonchev–Trinajstić information content (AvgIpc) is 2.75. The molecule has 1 aliphatic carbocycles. The van der Waals surface area contributed by atoms with Gasteiger partial charge in [0.2, 0.25) is 0 Å². The smallest absolute Gasteiger partial charge is 0.321 e. The van der Waals surface area contributed by atoms with Gasteiger partial charge in [-0.15, -0.1) is 11.3 Å². The zero-order valence-electron chi connectivity index (χ0n) is 11.8. The Morgan fingerprint density at radius 1 is 1.35 bits per heavy atom. The van der Waals surface area contributed by atoms with Crippen molar-refractivity contribution in [3.63, 3.8) is 0 Å². The van der Waals surface area contributed by atoms with Crippen molar-refractivity contribution in [1.29, 1.82) is 0 Å². The van der Waals surface area contributed by atoms with Gasteiger partial charge in [0.05, 0.1) is 5.54 Å². The number of aromatic nitrogens is 1. The molecule has 2 N–H and O–H groups in total. The van der Waals surface area contributed by atoms with Gasteiger partial charge in [0.25, 0.3) is 0 Å². The van der Waals surface area contributed by atoms with Crippen LogP contribution in [0.15, 0.2) is 6.20 Å². The molecule has 1 aromatic rings. The van der Waals surface area contributed by atoms with Crippen LogP contribution in [0.4, 0.5) is 13.2 Å². The molecule has 2 atom stereocenters. The summed E-state index contributed by atoms with van der Waals surface area (Å²) in [4.78, 5) is 4.08. The summed E-state index contributed by atoms with van der Waals surface area (Å²) in [5.41, 5.74) is 5.77. The van der Waals surface area contributed by atoms with Crippen LogP contribution in [0.5, 0.6) is 0 Å². The number of thiazole rings is 1. The molecule has 1 fully saturated rings. The van der Waals surface area contributed by atoms with E-state index in [1.807, 2.05) is 0 Å². The van der Waals surface area contributed by atoms with Crippen molar-refractivity contribution in [3.05, 3.63) is 16.1 Å². The summed E-state index contributed by atoms with van der Waals surface area (Å²) in [5.74, 6) is 1.22. The van der Waals surface area contributed by atoms with Crippen LogP contribution in [-0.2, 0) is 11.7 Å². The van der Waals surface area contributed by atoms with Crippen molar-refractivity contribution >= 4 is 11.3 Å². The number of hydrogen-bond donors (Lipinski definition) is 1. The van der Waals surface area contributed by atoms with E-state index in [1.54, 1.807) is 0 Å². The van der Waals surface area contributed by atoms with Gasteiger partial charge in [0, 0.05) is 11.1 Å². The largest absolute Gasteiger partial charge is 0.443 e. The first-order chi connectivity index (χ1) is 9.22. The standard InChI is InChI=1S/C14H21F3N2S/c1-9(2)10-4-3-6-13(18,7-5-10)11-8-19-12(20-11)14(15,16)17/h8-10H,3-7,18H2,1-2H3. The summed E-state index contributed by atoms with van der Waals surface area (Å²) < 4.78 is 37.9. The van der Waals surface area contributed by atoms with E-state index in [0.29, 0.717) is 28.0 Å². The Labute approximate surface area is 121 Å². The third-order valence-electron chi connectivity index (χ3n) is 4.34. The molecule has 1 heterocycles. The maximum Gasteiger partial charge on any atom is 0.443 e. The third-order valence-corrected chi connectivity index (χ3v) is 5.60. The molecule has 1 aliphatic rings. The predicted molar refractivity (Wildman–Crippen MR) is 74.4 cm³/mol. The summed E-state index contributed by atoms with van der Waals surface area (Å²) in [6, 6.07) is 0. The normalized spacial score (nSPS) is 28.6. The number of halogens is 3. The van der Waals surface area contributed by atoms with Crippen LogP contribution in [0.2, 0.25) is 0 Å². The monoisotopic (exact) mass is 306 g/mol. The topological polar surface area (TPSA) is 38.9 Å². The molecule has 0 bridgehead atoms. The molecule has 0 aliphatic heterocycles. The maximum absolute atomic E-state index is 12.6. The Hall–Kier alpha value is -0.620. The fraction of sp³-hybridized carbons (Fsp3) is 0.786. The molecule has 2 nitrogen and oxygen atoms in total. The highest BCUT2D eigenvalue weighted by Crippen LogP contribution is 2.42. The number of alkyl halides is 3. The average molecular weight is 306 g/mol. The van der Waals surface area contributed by atoms with Crippen LogP contribution in [0.25, 0.3) is 0 Å². The fourth-order valence-electron chi connectivity index (χ4n) is 2.94. The van der Waals surface area contributed by atoms with Gasteiger partial charge >= 0.3 is 6.18 Å². The Balaban J connectivity index is 2.16. The van der Waals surface area contributed by atoms with Crippen molar-refractivity contribution in [2.45, 2.75) is 57.7 Å². The molecule has 114 valence electrons. The van der Waals surface area contributed by atoms with Crippen molar-refractivity contribution < 1.29 is 13.2 Å². The first-order valence-corrected chi connectivity index (χ1v) is 7.86. The summed E-state index contributed by atoms with van der Waals surface area (Å²) in [5, 5.41) is -0.790. The second-order valence-corrected chi connectivity index (χ2v) is 7.15. The lowest BCUT2D eigenvalue weighted by atomic mass is 9.86. The molecular weight excluding hydrogens is 285 g/mol. The molecule has 0 aromatic carbocycles. The molecular formula is C14H21F3N2S. The molecule has 1 aromatic heterocycles. The maximum atomic E-state index is 12.6. The number of nitrogens with two attached hydrogens (primary N) is 1. The quantitative estimate of drug-likeness (QED) is 0.814. The van der Waals surface area contributed by atoms with Gasteiger partial charge in [-0.05, 0) is 31.1 Å². The Kier molecular flexibility index (Phi) is 4.44. The van der Waals surface area contributed by atoms with Crippen LogP contribution >= 0.6 is 11.3 Å². The van der Waals surface area contributed by atoms with Gasteiger partial charge < -0.3 is 5.73 Å². The minimum absolute atomic E-state index is 0.578. The van der Waals surface area contributed by atoms with Crippen molar-refractivity contribution in [2.24, 2.45) is 17.6 Å². The van der Waals surface area contributed by atoms with E-state index >= 15 is 0 Å². The molecule has 0 spiro atoms. The van der Waals surface area contributed by atoms with E-state index in [2.05, 4.69) is 18.8 Å². The predicted octanol–water partition coefficient (Wildman–Crippen LogP) is 4.55. The van der Waals surface area contributed by atoms with Crippen molar-refractivity contribution in [3.8, 4) is 0 Å². The first kappa shape index (κ1) is 15.8. The highest BCUT2D eigenvalue weighted by Gasteiger charge is 2.39. The van der Waals surface area contributed by atoms with Crippen molar-refractivity contribution in [2.75, 3.05) is 0 Å². The van der Waals surface area contributed by atoms with Gasteiger partial charge in [-0.25, -0.2) is 4.98 Å². The second kappa shape index (κ2) is 5.64. The van der Waals surface area contributed by atoms with E-state index in [0.717, 1.165) is 32.1 Å². The lowest BCUT2D eigenvalue weighted by Gasteiger charge is -2.26. The summed E-state index contributed by atoms with van der Waals surface area (Å²) in [7, 11) is 0. The van der Waals surface area contributed by atoms with E-state index in [1.165, 1.54) is 6.20 Å². The van der Waals surface area contributed by atoms with Gasteiger partial charge in [-0.1, -0.05) is 26.7 Å². The van der Waals surface area contributed by atoms with Crippen molar-refractivity contribution in [1.82, 2.24) is 4.98 Å². The number of nitrogens with zero attached hydrogens (tertiary/aromatic N) is 1. The second-order valence-electron chi connectivity index (χ2n) is 6.12. The molecule has 20 heavy (non-hydrogen) atoms. The first-order valence-electron chi connectivity index (χ1n) is 7.05. The lowest BCUT2D eigenvalue weighted by Crippen LogP contribution is -2.35. The summed E-state index contributed by atoms with van der Waals surface area (Å²) in [6.07, 6.45) is 1.51. The minimum atomic E-state index is -4.37. The third kappa shape index (κ3) is 3.34. The van der Waals surface area contributed by atoms with E-state index in [-0.39, 0.29) is 0 Å². The van der Waals surface area contributed by atoms with Gasteiger partial charge in [0.15, 0.2) is 5.01 Å². The van der Waals surface area contributed by atoms with Crippen LogP contribution in [-0.4, -0.2) is 4.98 Å². The van der Waals surface area contributed by atoms with Gasteiger partial charge in [0.1, 0.15) is 0 Å². The Morgan fingerprint density at radius 2 is 2.05 bits per heavy atom. The van der Waals surface area contributed by atoms with Crippen LogP contribution in [0.1, 0.15) is 55.8 Å². The highest BCUT2D eigenvalue weighted by atomic mass is 32.1. The minimum Gasteiger partial charge on any atom is -0.321 e. The zero-order valence-corrected chi connectivity index (χ0v) is 12.7.